The van der Waals surface area contributed by atoms with Gasteiger partial charge in [-0.3, -0.25) is 4.99 Å². The third-order valence-electron chi connectivity index (χ3n) is 5.15. The number of anilines is 2. The summed E-state index contributed by atoms with van der Waals surface area (Å²) in [5.41, 5.74) is 0.571. The molecular formula is C26H19F6N5O2. The molecule has 0 spiro atoms. The lowest BCUT2D eigenvalue weighted by Gasteiger charge is -2.15. The minimum atomic E-state index is -4.79. The van der Waals surface area contributed by atoms with E-state index in [9.17, 15) is 26.3 Å². The Balaban J connectivity index is 1.46. The summed E-state index contributed by atoms with van der Waals surface area (Å²) in [5, 5.41) is 10.7. The van der Waals surface area contributed by atoms with Crippen LogP contribution >= 0.6 is 0 Å². The molecule has 7 nitrogen and oxygen atoms in total. The van der Waals surface area contributed by atoms with Crippen LogP contribution in [0.3, 0.4) is 0 Å². The zero-order valence-corrected chi connectivity index (χ0v) is 19.8. The molecule has 1 aromatic heterocycles. The van der Waals surface area contributed by atoms with Crippen LogP contribution in [-0.2, 0) is 10.9 Å². The smallest absolute Gasteiger partial charge is 0.457 e. The quantitative estimate of drug-likeness (QED) is 0.174. The maximum Gasteiger partial charge on any atom is 0.573 e. The third kappa shape index (κ3) is 7.60. The number of nitrogens with zero attached hydrogens (tertiary/aromatic N) is 3. The molecule has 0 bridgehead atoms. The molecule has 13 heteroatoms. The second-order valence-corrected chi connectivity index (χ2v) is 7.93. The molecule has 0 unspecified atom stereocenters. The van der Waals surface area contributed by atoms with Gasteiger partial charge in [-0.1, -0.05) is 12.1 Å². The molecule has 0 aliphatic heterocycles. The molecule has 1 aliphatic carbocycles. The van der Waals surface area contributed by atoms with E-state index in [4.69, 9.17) is 4.74 Å². The van der Waals surface area contributed by atoms with E-state index in [0.29, 0.717) is 28.5 Å². The highest BCUT2D eigenvalue weighted by molar-refractivity contribution is 5.60. The maximum atomic E-state index is 12.9. The normalized spacial score (nSPS) is 15.2. The van der Waals surface area contributed by atoms with Crippen molar-refractivity contribution in [2.45, 2.75) is 19.0 Å². The van der Waals surface area contributed by atoms with Crippen molar-refractivity contribution in [2.75, 3.05) is 5.32 Å². The van der Waals surface area contributed by atoms with Gasteiger partial charge in [-0.2, -0.15) is 13.2 Å². The highest BCUT2D eigenvalue weighted by Crippen LogP contribution is 2.32. The number of alkyl halides is 6. The predicted octanol–water partition coefficient (Wildman–Crippen LogP) is 7.46. The van der Waals surface area contributed by atoms with Crippen molar-refractivity contribution >= 4 is 18.4 Å². The number of hydrogen-bond acceptors (Lipinski definition) is 6. The summed E-state index contributed by atoms with van der Waals surface area (Å²) in [5.74, 6) is 0.912. The van der Waals surface area contributed by atoms with E-state index in [1.54, 1.807) is 24.3 Å². The van der Waals surface area contributed by atoms with E-state index in [0.717, 1.165) is 12.1 Å². The Labute approximate surface area is 217 Å². The van der Waals surface area contributed by atoms with Crippen molar-refractivity contribution in [1.82, 2.24) is 15.2 Å². The van der Waals surface area contributed by atoms with Gasteiger partial charge >= 0.3 is 12.5 Å². The largest absolute Gasteiger partial charge is 0.573 e. The molecule has 0 saturated heterocycles. The number of aromatic nitrogens is 3. The molecule has 0 saturated carbocycles. The summed E-state index contributed by atoms with van der Waals surface area (Å²) in [4.78, 5) is 6.53. The molecule has 2 aromatic carbocycles. The average molecular weight is 547 g/mol. The molecule has 202 valence electrons. The van der Waals surface area contributed by atoms with Crippen LogP contribution in [-0.4, -0.2) is 28.3 Å². The predicted molar refractivity (Wildman–Crippen MR) is 132 cm³/mol. The Morgan fingerprint density at radius 3 is 2.44 bits per heavy atom. The summed E-state index contributed by atoms with van der Waals surface area (Å²) in [7, 11) is 0. The molecule has 39 heavy (non-hydrogen) atoms. The molecule has 4 rings (SSSR count). The number of H-pyrrole nitrogens is 1. The van der Waals surface area contributed by atoms with Gasteiger partial charge in [0.15, 0.2) is 5.82 Å². The first-order valence-electron chi connectivity index (χ1n) is 11.1. The van der Waals surface area contributed by atoms with Gasteiger partial charge in [0.25, 0.3) is 0 Å². The van der Waals surface area contributed by atoms with Crippen LogP contribution in [0.5, 0.6) is 5.75 Å². The van der Waals surface area contributed by atoms with Gasteiger partial charge in [0.05, 0.1) is 5.56 Å². The summed E-state index contributed by atoms with van der Waals surface area (Å²) < 4.78 is 86.0. The van der Waals surface area contributed by atoms with Crippen LogP contribution in [0.1, 0.15) is 12.0 Å². The first-order chi connectivity index (χ1) is 18.5. The lowest BCUT2D eigenvalue weighted by atomic mass is 10.1. The van der Waals surface area contributed by atoms with Gasteiger partial charge in [-0.15, -0.1) is 23.4 Å². The Bertz CT molecular complexity index is 1450. The van der Waals surface area contributed by atoms with E-state index in [1.165, 1.54) is 42.6 Å². The Morgan fingerprint density at radius 1 is 1.03 bits per heavy atom. The number of ether oxygens (including phenoxy) is 2. The zero-order valence-electron chi connectivity index (χ0n) is 19.8. The molecule has 1 aliphatic rings. The van der Waals surface area contributed by atoms with Gasteiger partial charge in [0, 0.05) is 17.5 Å². The average Bonchev–Trinajstić information content (AvgIpc) is 3.34. The van der Waals surface area contributed by atoms with Crippen molar-refractivity contribution < 1.29 is 35.8 Å². The maximum absolute atomic E-state index is 12.9. The van der Waals surface area contributed by atoms with Crippen molar-refractivity contribution in [3.05, 3.63) is 102 Å². The first-order valence-corrected chi connectivity index (χ1v) is 11.1. The molecule has 0 atom stereocenters. The standard InChI is InChI=1S/C26H19F6N5O2/c1-33-14-13-22(16-5-11-21(12-6-16)39-26(30,31)32)38-20-9-7-17(8-10-20)23-35-24(37-36-23)34-19-4-2-3-18(15-19)25(27,28)29/h2-5,7-15H,1,6H2,(H2,34,35,36,37)/b14-13-,22-16+. The Kier molecular flexibility index (Phi) is 7.88. The number of aliphatic imine (C=N–C) groups is 1. The number of benzene rings is 2. The molecule has 3 aromatic rings. The molecule has 0 fully saturated rings. The SMILES string of the molecule is C=N/C=C\C(Oc1ccc(-c2nnc(Nc3cccc(C(F)(F)F)c3)[nH]2)cc1)=C1\C=CC(OC(F)(F)F)=CC1. The topological polar surface area (TPSA) is 84.4 Å². The number of hydrogen-bond donors (Lipinski definition) is 2. The Hall–Kier alpha value is -4.81. The van der Waals surface area contributed by atoms with Gasteiger partial charge in [0.2, 0.25) is 5.95 Å². The van der Waals surface area contributed by atoms with Crippen LogP contribution in [0, 0.1) is 0 Å². The van der Waals surface area contributed by atoms with Crippen LogP contribution in [0.25, 0.3) is 11.4 Å². The number of aromatic amines is 1. The second kappa shape index (κ2) is 11.3. The monoisotopic (exact) mass is 547 g/mol. The number of rotatable bonds is 8. The van der Waals surface area contributed by atoms with E-state index in [-0.39, 0.29) is 23.8 Å². The van der Waals surface area contributed by atoms with Gasteiger partial charge in [-0.25, -0.2) is 0 Å². The van der Waals surface area contributed by atoms with Crippen LogP contribution in [0.2, 0.25) is 0 Å². The molecule has 0 radical (unpaired) electrons. The summed E-state index contributed by atoms with van der Waals surface area (Å²) in [6.07, 6.45) is -2.33. The van der Waals surface area contributed by atoms with Crippen LogP contribution < -0.4 is 10.1 Å². The van der Waals surface area contributed by atoms with Crippen molar-refractivity contribution in [3.63, 3.8) is 0 Å². The zero-order chi connectivity index (χ0) is 28.0. The number of halogens is 6. The lowest BCUT2D eigenvalue weighted by Crippen LogP contribution is -2.13. The van der Waals surface area contributed by atoms with Crippen molar-refractivity contribution in [2.24, 2.45) is 4.99 Å². The van der Waals surface area contributed by atoms with E-state index >= 15 is 0 Å². The van der Waals surface area contributed by atoms with Gasteiger partial charge in [-0.05, 0) is 79.4 Å². The second-order valence-electron chi connectivity index (χ2n) is 7.93. The first kappa shape index (κ1) is 27.2. The fourth-order valence-electron chi connectivity index (χ4n) is 3.41. The fourth-order valence-corrected chi connectivity index (χ4v) is 3.41. The molecular weight excluding hydrogens is 528 g/mol. The summed E-state index contributed by atoms with van der Waals surface area (Å²) >= 11 is 0. The summed E-state index contributed by atoms with van der Waals surface area (Å²) in [6, 6.07) is 11.3. The van der Waals surface area contributed by atoms with Crippen LogP contribution in [0.4, 0.5) is 38.0 Å². The van der Waals surface area contributed by atoms with E-state index < -0.39 is 18.1 Å². The Morgan fingerprint density at radius 2 is 1.79 bits per heavy atom. The van der Waals surface area contributed by atoms with Crippen molar-refractivity contribution in [3.8, 4) is 17.1 Å². The van der Waals surface area contributed by atoms with E-state index in [1.807, 2.05) is 0 Å². The lowest BCUT2D eigenvalue weighted by molar-refractivity contribution is -0.303. The van der Waals surface area contributed by atoms with Crippen LogP contribution in [0.15, 0.2) is 101 Å². The molecule has 2 N–H and O–H groups in total. The summed E-state index contributed by atoms with van der Waals surface area (Å²) in [6.45, 7) is 3.36. The van der Waals surface area contributed by atoms with E-state index in [2.05, 4.69) is 36.9 Å². The number of allylic oxidation sites excluding steroid dienone is 5. The highest BCUT2D eigenvalue weighted by Gasteiger charge is 2.32. The minimum absolute atomic E-state index is 0.122. The third-order valence-corrected chi connectivity index (χ3v) is 5.15. The highest BCUT2D eigenvalue weighted by atomic mass is 19.4. The number of nitrogens with one attached hydrogen (secondary N) is 2. The van der Waals surface area contributed by atoms with Gasteiger partial charge < -0.3 is 19.8 Å². The molecule has 1 heterocycles. The van der Waals surface area contributed by atoms with Gasteiger partial charge in [0.1, 0.15) is 17.3 Å². The minimum Gasteiger partial charge on any atom is -0.457 e. The molecule has 0 amide bonds. The fraction of sp³-hybridized carbons (Fsp3) is 0.115. The van der Waals surface area contributed by atoms with Crippen molar-refractivity contribution in [1.29, 1.82) is 0 Å².